The van der Waals surface area contributed by atoms with Gasteiger partial charge in [0.2, 0.25) is 0 Å². The van der Waals surface area contributed by atoms with E-state index in [1.165, 1.54) is 0 Å². The van der Waals surface area contributed by atoms with Crippen LogP contribution in [0.3, 0.4) is 0 Å². The minimum atomic E-state index is 0. The van der Waals surface area contributed by atoms with Gasteiger partial charge >= 0.3 is 0 Å². The Labute approximate surface area is 117 Å². The molecule has 5 heterocycles. The van der Waals surface area contributed by atoms with Crippen molar-refractivity contribution in [2.45, 2.75) is 44.4 Å². The lowest BCUT2D eigenvalue weighted by atomic mass is 10.1. The second kappa shape index (κ2) is 3.90. The van der Waals surface area contributed by atoms with Crippen LogP contribution in [0.4, 0.5) is 0 Å². The summed E-state index contributed by atoms with van der Waals surface area (Å²) in [6.45, 7) is 0. The van der Waals surface area contributed by atoms with E-state index in [0.29, 0.717) is 37.0 Å². The largest absolute Gasteiger partial charge is 0.270 e. The maximum absolute atomic E-state index is 2.56. The predicted octanol–water partition coefficient (Wildman–Crippen LogP) is -0.776. The number of nitrogens with zero attached hydrogens (tertiary/aromatic N) is 6. The molecule has 5 saturated heterocycles. The molecule has 0 atom stereocenters. The molecule has 0 aromatic carbocycles. The first-order valence-corrected chi connectivity index (χ1v) is 6.78. The van der Waals surface area contributed by atoms with Crippen LogP contribution in [0.1, 0.15) is 7.43 Å². The van der Waals surface area contributed by atoms with Crippen molar-refractivity contribution in [1.29, 1.82) is 0 Å². The molecule has 5 fully saturated rings. The summed E-state index contributed by atoms with van der Waals surface area (Å²) in [6, 6.07) is 0. The van der Waals surface area contributed by atoms with Crippen molar-refractivity contribution in [3.8, 4) is 0 Å². The van der Waals surface area contributed by atoms with E-state index in [1.54, 1.807) is 0 Å². The molecule has 6 bridgehead atoms. The minimum Gasteiger partial charge on any atom is -0.270 e. The van der Waals surface area contributed by atoms with Gasteiger partial charge < -0.3 is 0 Å². The zero-order chi connectivity index (χ0) is 12.9. The second-order valence-corrected chi connectivity index (χ2v) is 6.47. The summed E-state index contributed by atoms with van der Waals surface area (Å²) in [7, 11) is 13.7. The Hall–Kier alpha value is -0.240. The van der Waals surface area contributed by atoms with Crippen LogP contribution in [0.5, 0.6) is 0 Å². The van der Waals surface area contributed by atoms with Gasteiger partial charge in [-0.1, -0.05) is 7.43 Å². The predicted molar refractivity (Wildman–Crippen MR) is 76.0 cm³/mol. The molecule has 5 aliphatic heterocycles. The van der Waals surface area contributed by atoms with Gasteiger partial charge in [-0.2, -0.15) is 0 Å². The van der Waals surface area contributed by atoms with Crippen molar-refractivity contribution in [3.05, 3.63) is 0 Å². The molecular weight excluding hydrogens is 240 g/mol. The van der Waals surface area contributed by atoms with E-state index < -0.39 is 0 Å². The maximum atomic E-state index is 2.56. The molecule has 0 aromatic heterocycles. The third-order valence-electron chi connectivity index (χ3n) is 5.81. The lowest BCUT2D eigenvalue weighted by Gasteiger charge is -2.52. The van der Waals surface area contributed by atoms with E-state index in [4.69, 9.17) is 0 Å². The van der Waals surface area contributed by atoms with Crippen molar-refractivity contribution in [2.24, 2.45) is 0 Å². The van der Waals surface area contributed by atoms with Gasteiger partial charge in [0, 0.05) is 0 Å². The van der Waals surface area contributed by atoms with E-state index in [-0.39, 0.29) is 7.43 Å². The van der Waals surface area contributed by atoms with Crippen LogP contribution in [-0.4, -0.2) is 109 Å². The highest BCUT2D eigenvalue weighted by Crippen LogP contribution is 2.47. The standard InChI is InChI=1S/C12H24N6.CH4/c1-13-7-8-14(2)11(13)12-15(3)9(17(7)5)10(16(12)4)18(8)6;/h7-12H,1-6H3;1H4. The van der Waals surface area contributed by atoms with Crippen molar-refractivity contribution in [2.75, 3.05) is 42.3 Å². The first-order valence-electron chi connectivity index (χ1n) is 6.78. The average Bonchev–Trinajstić information content (AvgIpc) is 2.67. The molecule has 0 unspecified atom stereocenters. The molecule has 0 aliphatic carbocycles. The first kappa shape index (κ1) is 13.7. The van der Waals surface area contributed by atoms with E-state index >= 15 is 0 Å². The van der Waals surface area contributed by atoms with Crippen LogP contribution in [0, 0.1) is 0 Å². The molecule has 6 nitrogen and oxygen atoms in total. The molecule has 5 aliphatic rings. The highest BCUT2D eigenvalue weighted by atomic mass is 15.8. The first-order chi connectivity index (χ1) is 8.46. The summed E-state index contributed by atoms with van der Waals surface area (Å²) in [5, 5.41) is 0. The number of piperazine rings is 1. The van der Waals surface area contributed by atoms with Gasteiger partial charge in [0.25, 0.3) is 0 Å². The SMILES string of the molecule is C.CN1C2C3N(C)C1C1N(C)C(C(N1C)N3C)N2C. The summed E-state index contributed by atoms with van der Waals surface area (Å²) in [5.74, 6) is 0. The van der Waals surface area contributed by atoms with E-state index in [9.17, 15) is 0 Å². The minimum absolute atomic E-state index is 0. The quantitative estimate of drug-likeness (QED) is 0.570. The number of hydrogen-bond acceptors (Lipinski definition) is 6. The second-order valence-electron chi connectivity index (χ2n) is 6.47. The summed E-state index contributed by atoms with van der Waals surface area (Å²) < 4.78 is 0. The van der Waals surface area contributed by atoms with Gasteiger partial charge in [-0.25, -0.2) is 0 Å². The van der Waals surface area contributed by atoms with E-state index in [1.807, 2.05) is 0 Å². The van der Waals surface area contributed by atoms with Crippen LogP contribution >= 0.6 is 0 Å². The molecule has 0 amide bonds. The fourth-order valence-electron chi connectivity index (χ4n) is 5.19. The van der Waals surface area contributed by atoms with Gasteiger partial charge in [0.05, 0.1) is 37.0 Å². The van der Waals surface area contributed by atoms with Crippen molar-refractivity contribution in [3.63, 3.8) is 0 Å². The Morgan fingerprint density at radius 1 is 0.368 bits per heavy atom. The smallest absolute Gasteiger partial charge is 0.0943 e. The topological polar surface area (TPSA) is 19.4 Å². The van der Waals surface area contributed by atoms with Gasteiger partial charge in [-0.15, -0.1) is 0 Å². The van der Waals surface area contributed by atoms with Crippen LogP contribution < -0.4 is 0 Å². The number of rotatable bonds is 0. The molecule has 0 saturated carbocycles. The fraction of sp³-hybridized carbons (Fsp3) is 1.00. The van der Waals surface area contributed by atoms with E-state index in [0.717, 1.165) is 0 Å². The molecular formula is C13H28N6. The van der Waals surface area contributed by atoms with Gasteiger partial charge in [-0.05, 0) is 42.3 Å². The highest BCUT2D eigenvalue weighted by Gasteiger charge is 2.67. The molecule has 0 aromatic rings. The Morgan fingerprint density at radius 2 is 0.474 bits per heavy atom. The molecule has 19 heavy (non-hydrogen) atoms. The van der Waals surface area contributed by atoms with E-state index in [2.05, 4.69) is 71.7 Å². The zero-order valence-corrected chi connectivity index (χ0v) is 12.1. The van der Waals surface area contributed by atoms with Crippen molar-refractivity contribution >= 4 is 0 Å². The van der Waals surface area contributed by atoms with Crippen LogP contribution in [0.25, 0.3) is 0 Å². The molecule has 110 valence electrons. The van der Waals surface area contributed by atoms with Gasteiger partial charge in [0.1, 0.15) is 0 Å². The molecule has 0 N–H and O–H groups in total. The highest BCUT2D eigenvalue weighted by molar-refractivity contribution is 5.14. The Bertz CT molecular complexity index is 321. The third-order valence-corrected chi connectivity index (χ3v) is 5.81. The molecule has 6 heteroatoms. The van der Waals surface area contributed by atoms with Crippen molar-refractivity contribution in [1.82, 2.24) is 29.4 Å². The Kier molecular flexibility index (Phi) is 2.82. The number of hydrogen-bond donors (Lipinski definition) is 0. The van der Waals surface area contributed by atoms with Crippen LogP contribution in [-0.2, 0) is 0 Å². The normalized spacial score (nSPS) is 52.1. The fourth-order valence-corrected chi connectivity index (χ4v) is 5.19. The summed E-state index contributed by atoms with van der Waals surface area (Å²) in [6.07, 6.45) is 2.99. The Balaban J connectivity index is 0.00000110. The summed E-state index contributed by atoms with van der Waals surface area (Å²) in [4.78, 5) is 15.3. The molecule has 0 spiro atoms. The lowest BCUT2D eigenvalue weighted by molar-refractivity contribution is -0.124. The summed E-state index contributed by atoms with van der Waals surface area (Å²) in [5.41, 5.74) is 0. The average molecular weight is 268 g/mol. The number of likely N-dealkylation sites (N-methyl/N-ethyl adjacent to an activating group) is 6. The third kappa shape index (κ3) is 1.24. The molecule has 5 rings (SSSR count). The van der Waals surface area contributed by atoms with Crippen LogP contribution in [0.15, 0.2) is 0 Å². The maximum Gasteiger partial charge on any atom is 0.0943 e. The Morgan fingerprint density at radius 3 is 0.579 bits per heavy atom. The monoisotopic (exact) mass is 268 g/mol. The summed E-state index contributed by atoms with van der Waals surface area (Å²) >= 11 is 0. The van der Waals surface area contributed by atoms with Gasteiger partial charge in [0.15, 0.2) is 0 Å². The zero-order valence-electron chi connectivity index (χ0n) is 12.1. The van der Waals surface area contributed by atoms with Crippen molar-refractivity contribution < 1.29 is 0 Å². The van der Waals surface area contributed by atoms with Crippen LogP contribution in [0.2, 0.25) is 0 Å². The lowest BCUT2D eigenvalue weighted by Crippen LogP contribution is -2.71. The van der Waals surface area contributed by atoms with Gasteiger partial charge in [-0.3, -0.25) is 29.4 Å². The molecule has 0 radical (unpaired) electrons.